The molecule has 4 rings (SSSR count). The number of hydrogen-bond acceptors (Lipinski definition) is 3. The largest absolute Gasteiger partial charge is 0.445 e. The number of amides is 1. The standard InChI is InChI=1S/C25H31NO3/c1-2-3-7-19-10-12-21(13-11-19)25(28)16-22-14-15-23(17-25)26(22)24(27)29-18-20-8-5-4-6-9-20/h4-6,8-13,22-23,28H,2-3,7,14-18H2,1H3. The molecule has 2 aliphatic rings. The summed E-state index contributed by atoms with van der Waals surface area (Å²) >= 11 is 0. The first-order valence-corrected chi connectivity index (χ1v) is 10.9. The second-order valence-electron chi connectivity index (χ2n) is 8.57. The Balaban J connectivity index is 1.40. The van der Waals surface area contributed by atoms with Gasteiger partial charge in [0.2, 0.25) is 0 Å². The fraction of sp³-hybridized carbons (Fsp3) is 0.480. The van der Waals surface area contributed by atoms with E-state index in [-0.39, 0.29) is 18.2 Å². The van der Waals surface area contributed by atoms with Crippen LogP contribution in [0.2, 0.25) is 0 Å². The summed E-state index contributed by atoms with van der Waals surface area (Å²) in [5.74, 6) is 0. The predicted molar refractivity (Wildman–Crippen MR) is 113 cm³/mol. The number of piperidine rings is 1. The fourth-order valence-electron chi connectivity index (χ4n) is 4.92. The van der Waals surface area contributed by atoms with Crippen LogP contribution in [0.1, 0.15) is 62.1 Å². The van der Waals surface area contributed by atoms with Crippen molar-refractivity contribution < 1.29 is 14.6 Å². The average molecular weight is 394 g/mol. The quantitative estimate of drug-likeness (QED) is 0.736. The summed E-state index contributed by atoms with van der Waals surface area (Å²) in [6.45, 7) is 2.49. The third-order valence-electron chi connectivity index (χ3n) is 6.49. The molecule has 2 saturated heterocycles. The van der Waals surface area contributed by atoms with Gasteiger partial charge in [-0.25, -0.2) is 4.79 Å². The van der Waals surface area contributed by atoms with Crippen molar-refractivity contribution in [3.63, 3.8) is 0 Å². The van der Waals surface area contributed by atoms with Gasteiger partial charge in [0.1, 0.15) is 6.61 Å². The van der Waals surface area contributed by atoms with Gasteiger partial charge >= 0.3 is 6.09 Å². The number of nitrogens with zero attached hydrogens (tertiary/aromatic N) is 1. The fourth-order valence-corrected chi connectivity index (χ4v) is 4.92. The number of unbranched alkanes of at least 4 members (excludes halogenated alkanes) is 1. The molecule has 2 heterocycles. The number of carbonyl (C=O) groups is 1. The lowest BCUT2D eigenvalue weighted by Crippen LogP contribution is -2.52. The highest BCUT2D eigenvalue weighted by atomic mass is 16.6. The summed E-state index contributed by atoms with van der Waals surface area (Å²) in [5, 5.41) is 11.4. The minimum Gasteiger partial charge on any atom is -0.445 e. The molecule has 4 heteroatoms. The first kappa shape index (κ1) is 20.0. The normalized spacial score (nSPS) is 25.8. The molecule has 2 atom stereocenters. The van der Waals surface area contributed by atoms with Gasteiger partial charge in [-0.1, -0.05) is 67.9 Å². The van der Waals surface area contributed by atoms with Crippen molar-refractivity contribution in [2.45, 2.75) is 76.2 Å². The van der Waals surface area contributed by atoms with Gasteiger partial charge in [-0.15, -0.1) is 0 Å². The SMILES string of the molecule is CCCCc1ccc(C2(O)CC3CCC(C2)N3C(=O)OCc2ccccc2)cc1. The van der Waals surface area contributed by atoms with E-state index >= 15 is 0 Å². The molecule has 2 fully saturated rings. The lowest BCUT2D eigenvalue weighted by molar-refractivity contribution is -0.0536. The maximum absolute atomic E-state index is 12.7. The maximum atomic E-state index is 12.7. The molecule has 0 aromatic heterocycles. The van der Waals surface area contributed by atoms with Crippen LogP contribution in [0.25, 0.3) is 0 Å². The highest BCUT2D eigenvalue weighted by Crippen LogP contribution is 2.46. The Morgan fingerprint density at radius 1 is 1.03 bits per heavy atom. The zero-order valence-corrected chi connectivity index (χ0v) is 17.2. The lowest BCUT2D eigenvalue weighted by Gasteiger charge is -2.43. The van der Waals surface area contributed by atoms with E-state index < -0.39 is 5.60 Å². The smallest absolute Gasteiger partial charge is 0.410 e. The van der Waals surface area contributed by atoms with Gasteiger partial charge < -0.3 is 14.7 Å². The molecular formula is C25H31NO3. The van der Waals surface area contributed by atoms with Crippen LogP contribution in [-0.2, 0) is 23.4 Å². The zero-order valence-electron chi connectivity index (χ0n) is 17.2. The second kappa shape index (κ2) is 8.58. The maximum Gasteiger partial charge on any atom is 0.410 e. The molecule has 29 heavy (non-hydrogen) atoms. The van der Waals surface area contributed by atoms with E-state index in [0.29, 0.717) is 19.4 Å². The summed E-state index contributed by atoms with van der Waals surface area (Å²) in [4.78, 5) is 14.6. The number of aryl methyl sites for hydroxylation is 1. The molecule has 1 N–H and O–H groups in total. The van der Waals surface area contributed by atoms with Crippen LogP contribution < -0.4 is 0 Å². The highest BCUT2D eigenvalue weighted by Gasteiger charge is 2.50. The zero-order chi connectivity index (χ0) is 20.3. The summed E-state index contributed by atoms with van der Waals surface area (Å²) in [7, 11) is 0. The minimum absolute atomic E-state index is 0.0433. The monoisotopic (exact) mass is 393 g/mol. The van der Waals surface area contributed by atoms with Gasteiger partial charge in [0.05, 0.1) is 5.60 Å². The van der Waals surface area contributed by atoms with Gasteiger partial charge in [-0.05, 0) is 42.4 Å². The molecule has 1 amide bonds. The molecule has 2 unspecified atom stereocenters. The molecule has 2 aliphatic heterocycles. The van der Waals surface area contributed by atoms with Crippen LogP contribution in [-0.4, -0.2) is 28.2 Å². The Hall–Kier alpha value is -2.33. The summed E-state index contributed by atoms with van der Waals surface area (Å²) in [5.41, 5.74) is 2.44. The molecular weight excluding hydrogens is 362 g/mol. The van der Waals surface area contributed by atoms with Crippen molar-refractivity contribution in [3.05, 3.63) is 71.3 Å². The van der Waals surface area contributed by atoms with Crippen LogP contribution in [0.15, 0.2) is 54.6 Å². The van der Waals surface area contributed by atoms with Crippen LogP contribution in [0.4, 0.5) is 4.79 Å². The molecule has 0 spiro atoms. The third kappa shape index (κ3) is 4.32. The van der Waals surface area contributed by atoms with Gasteiger partial charge in [0.15, 0.2) is 0 Å². The van der Waals surface area contributed by atoms with Crippen molar-refractivity contribution in [1.82, 2.24) is 4.90 Å². The van der Waals surface area contributed by atoms with Crippen molar-refractivity contribution >= 4 is 6.09 Å². The number of aliphatic hydroxyl groups is 1. The highest BCUT2D eigenvalue weighted by molar-refractivity contribution is 5.69. The van der Waals surface area contributed by atoms with Crippen molar-refractivity contribution in [3.8, 4) is 0 Å². The number of ether oxygens (including phenoxy) is 1. The lowest BCUT2D eigenvalue weighted by atomic mass is 9.80. The number of benzene rings is 2. The summed E-state index contributed by atoms with van der Waals surface area (Å²) in [6.07, 6.45) is 6.24. The van der Waals surface area contributed by atoms with E-state index in [2.05, 4.69) is 31.2 Å². The Labute approximate surface area is 173 Å². The topological polar surface area (TPSA) is 49.8 Å². The molecule has 0 aliphatic carbocycles. The molecule has 2 aromatic rings. The number of rotatable bonds is 6. The van der Waals surface area contributed by atoms with E-state index in [9.17, 15) is 9.90 Å². The Bertz CT molecular complexity index is 804. The van der Waals surface area contributed by atoms with Crippen LogP contribution >= 0.6 is 0 Å². The van der Waals surface area contributed by atoms with Gasteiger partial charge in [0, 0.05) is 24.9 Å². The molecule has 0 radical (unpaired) electrons. The van der Waals surface area contributed by atoms with E-state index in [1.54, 1.807) is 0 Å². The van der Waals surface area contributed by atoms with Crippen molar-refractivity contribution in [2.75, 3.05) is 0 Å². The first-order valence-electron chi connectivity index (χ1n) is 10.9. The Kier molecular flexibility index (Phi) is 5.91. The van der Waals surface area contributed by atoms with E-state index in [1.807, 2.05) is 35.2 Å². The van der Waals surface area contributed by atoms with Crippen LogP contribution in [0, 0.1) is 0 Å². The molecule has 2 bridgehead atoms. The summed E-state index contributed by atoms with van der Waals surface area (Å²) < 4.78 is 5.58. The van der Waals surface area contributed by atoms with E-state index in [1.165, 1.54) is 18.4 Å². The van der Waals surface area contributed by atoms with E-state index in [0.717, 1.165) is 30.4 Å². The summed E-state index contributed by atoms with van der Waals surface area (Å²) in [6, 6.07) is 18.3. The molecule has 4 nitrogen and oxygen atoms in total. The Morgan fingerprint density at radius 2 is 1.69 bits per heavy atom. The second-order valence-corrected chi connectivity index (χ2v) is 8.57. The predicted octanol–water partition coefficient (Wildman–Crippen LogP) is 5.18. The first-order chi connectivity index (χ1) is 14.1. The van der Waals surface area contributed by atoms with Crippen molar-refractivity contribution in [2.24, 2.45) is 0 Å². The minimum atomic E-state index is -0.856. The average Bonchev–Trinajstić information content (AvgIpc) is 3.03. The molecule has 154 valence electrons. The van der Waals surface area contributed by atoms with Crippen LogP contribution in [0.5, 0.6) is 0 Å². The molecule has 0 saturated carbocycles. The van der Waals surface area contributed by atoms with Crippen LogP contribution in [0.3, 0.4) is 0 Å². The molecule has 2 aromatic carbocycles. The number of carbonyl (C=O) groups excluding carboxylic acids is 1. The number of fused-ring (bicyclic) bond motifs is 2. The van der Waals surface area contributed by atoms with Gasteiger partial charge in [0.25, 0.3) is 0 Å². The van der Waals surface area contributed by atoms with Gasteiger partial charge in [-0.3, -0.25) is 0 Å². The van der Waals surface area contributed by atoms with E-state index in [4.69, 9.17) is 4.74 Å². The van der Waals surface area contributed by atoms with Gasteiger partial charge in [-0.2, -0.15) is 0 Å². The van der Waals surface area contributed by atoms with Crippen molar-refractivity contribution in [1.29, 1.82) is 0 Å². The number of hydrogen-bond donors (Lipinski definition) is 1. The third-order valence-corrected chi connectivity index (χ3v) is 6.49. The Morgan fingerprint density at radius 3 is 2.31 bits per heavy atom.